The van der Waals surface area contributed by atoms with Gasteiger partial charge in [0.25, 0.3) is 0 Å². The van der Waals surface area contributed by atoms with Crippen molar-refractivity contribution in [1.29, 1.82) is 0 Å². The van der Waals surface area contributed by atoms with E-state index >= 15 is 0 Å². The Bertz CT molecular complexity index is 97.1. The van der Waals surface area contributed by atoms with Gasteiger partial charge >= 0.3 is 0 Å². The van der Waals surface area contributed by atoms with Crippen molar-refractivity contribution in [2.75, 3.05) is 26.9 Å². The molecule has 0 amide bonds. The van der Waals surface area contributed by atoms with Crippen LogP contribution in [0, 0.1) is 0 Å². The topological polar surface area (TPSA) is 58.9 Å². The Morgan fingerprint density at radius 2 is 1.75 bits per heavy atom. The molecule has 0 aliphatic heterocycles. The summed E-state index contributed by atoms with van der Waals surface area (Å²) in [6, 6.07) is 0. The Hall–Kier alpha value is -0.160. The number of aliphatic hydroxyl groups excluding tert-OH is 2. The smallest absolute Gasteiger partial charge is 0.0799 e. The van der Waals surface area contributed by atoms with Crippen LogP contribution in [-0.4, -0.2) is 49.4 Å². The number of ether oxygens (including phenoxy) is 2. The molecule has 12 heavy (non-hydrogen) atoms. The summed E-state index contributed by atoms with van der Waals surface area (Å²) in [5.74, 6) is 0. The molecule has 0 heterocycles. The van der Waals surface area contributed by atoms with Crippen LogP contribution in [0.1, 0.15) is 13.3 Å². The summed E-state index contributed by atoms with van der Waals surface area (Å²) in [6.45, 7) is 2.97. The Morgan fingerprint density at radius 3 is 2.25 bits per heavy atom. The molecule has 0 radical (unpaired) electrons. The monoisotopic (exact) mass is 178 g/mol. The predicted molar refractivity (Wildman–Crippen MR) is 45.0 cm³/mol. The second kappa shape index (κ2) is 7.49. The van der Waals surface area contributed by atoms with E-state index in [2.05, 4.69) is 0 Å². The minimum absolute atomic E-state index is 0.253. The molecule has 0 rings (SSSR count). The van der Waals surface area contributed by atoms with Gasteiger partial charge in [-0.05, 0) is 6.92 Å². The van der Waals surface area contributed by atoms with Crippen molar-refractivity contribution >= 4 is 0 Å². The van der Waals surface area contributed by atoms with Gasteiger partial charge in [0.05, 0.1) is 25.4 Å². The zero-order valence-corrected chi connectivity index (χ0v) is 7.69. The van der Waals surface area contributed by atoms with E-state index in [9.17, 15) is 10.2 Å². The highest BCUT2D eigenvalue weighted by molar-refractivity contribution is 4.61. The van der Waals surface area contributed by atoms with Gasteiger partial charge in [-0.3, -0.25) is 0 Å². The lowest BCUT2D eigenvalue weighted by molar-refractivity contribution is -0.0102. The highest BCUT2D eigenvalue weighted by atomic mass is 16.5. The number of hydrogen-bond acceptors (Lipinski definition) is 4. The van der Waals surface area contributed by atoms with Crippen molar-refractivity contribution in [3.05, 3.63) is 0 Å². The quantitative estimate of drug-likeness (QED) is 0.566. The van der Waals surface area contributed by atoms with Crippen LogP contribution in [0.4, 0.5) is 0 Å². The molecule has 0 aromatic heterocycles. The first-order chi connectivity index (χ1) is 5.70. The summed E-state index contributed by atoms with van der Waals surface area (Å²) in [5, 5.41) is 18.4. The lowest BCUT2D eigenvalue weighted by Gasteiger charge is -2.14. The first-order valence-electron chi connectivity index (χ1n) is 4.13. The van der Waals surface area contributed by atoms with Crippen LogP contribution in [0.15, 0.2) is 0 Å². The zero-order chi connectivity index (χ0) is 9.40. The third-order valence-electron chi connectivity index (χ3n) is 1.42. The number of methoxy groups -OCH3 is 1. The fourth-order valence-electron chi connectivity index (χ4n) is 0.896. The molecule has 0 saturated carbocycles. The number of hydrogen-bond donors (Lipinski definition) is 2. The molecule has 0 aliphatic carbocycles. The van der Waals surface area contributed by atoms with Gasteiger partial charge < -0.3 is 19.7 Å². The molecule has 2 atom stereocenters. The fourth-order valence-corrected chi connectivity index (χ4v) is 0.896. The maximum Gasteiger partial charge on any atom is 0.0799 e. The molecule has 0 saturated heterocycles. The second-order valence-corrected chi connectivity index (χ2v) is 2.66. The molecule has 0 aliphatic rings. The lowest BCUT2D eigenvalue weighted by Crippen LogP contribution is -2.25. The van der Waals surface area contributed by atoms with E-state index < -0.39 is 12.2 Å². The maximum atomic E-state index is 9.24. The van der Waals surface area contributed by atoms with Crippen molar-refractivity contribution in [1.82, 2.24) is 0 Å². The Morgan fingerprint density at radius 1 is 1.17 bits per heavy atom. The van der Waals surface area contributed by atoms with Crippen LogP contribution in [0.3, 0.4) is 0 Å². The van der Waals surface area contributed by atoms with Crippen molar-refractivity contribution in [2.45, 2.75) is 25.6 Å². The first kappa shape index (κ1) is 11.8. The summed E-state index contributed by atoms with van der Waals surface area (Å²) in [5.41, 5.74) is 0. The first-order valence-corrected chi connectivity index (χ1v) is 4.13. The highest BCUT2D eigenvalue weighted by Crippen LogP contribution is 1.99. The fraction of sp³-hybridized carbons (Fsp3) is 1.00. The van der Waals surface area contributed by atoms with Crippen molar-refractivity contribution in [3.63, 3.8) is 0 Å². The van der Waals surface area contributed by atoms with Gasteiger partial charge in [-0.25, -0.2) is 0 Å². The third kappa shape index (κ3) is 6.54. The van der Waals surface area contributed by atoms with Gasteiger partial charge in [-0.15, -0.1) is 0 Å². The van der Waals surface area contributed by atoms with Crippen molar-refractivity contribution < 1.29 is 19.7 Å². The molecule has 0 spiro atoms. The molecular weight excluding hydrogens is 160 g/mol. The van der Waals surface area contributed by atoms with Crippen LogP contribution in [0.5, 0.6) is 0 Å². The summed E-state index contributed by atoms with van der Waals surface area (Å²) in [4.78, 5) is 0. The van der Waals surface area contributed by atoms with Crippen LogP contribution in [0.2, 0.25) is 0 Å². The maximum absolute atomic E-state index is 9.24. The highest BCUT2D eigenvalue weighted by Gasteiger charge is 2.11. The number of aliphatic hydroxyl groups is 2. The second-order valence-electron chi connectivity index (χ2n) is 2.66. The van der Waals surface area contributed by atoms with Gasteiger partial charge in [0.15, 0.2) is 0 Å². The lowest BCUT2D eigenvalue weighted by atomic mass is 10.2. The minimum Gasteiger partial charge on any atom is -0.391 e. The van der Waals surface area contributed by atoms with Crippen LogP contribution in [0.25, 0.3) is 0 Å². The molecule has 74 valence electrons. The standard InChI is InChI=1S/C8H18O4/c1-3-12-6-8(10)4-7(9)5-11-2/h7-10H,3-6H2,1-2H3. The average molecular weight is 178 g/mol. The SMILES string of the molecule is CCOCC(O)CC(O)COC. The van der Waals surface area contributed by atoms with Gasteiger partial charge in [0.1, 0.15) is 0 Å². The molecular formula is C8H18O4. The molecule has 0 bridgehead atoms. The normalized spacial score (nSPS) is 16.0. The summed E-state index contributed by atoms with van der Waals surface area (Å²) in [7, 11) is 1.51. The van der Waals surface area contributed by atoms with E-state index in [0.29, 0.717) is 13.0 Å². The van der Waals surface area contributed by atoms with E-state index in [-0.39, 0.29) is 13.2 Å². The van der Waals surface area contributed by atoms with Crippen LogP contribution >= 0.6 is 0 Å². The Labute approximate surface area is 73.1 Å². The van der Waals surface area contributed by atoms with Gasteiger partial charge in [-0.2, -0.15) is 0 Å². The van der Waals surface area contributed by atoms with Gasteiger partial charge in [0, 0.05) is 20.1 Å². The summed E-state index contributed by atoms with van der Waals surface area (Å²) >= 11 is 0. The van der Waals surface area contributed by atoms with Gasteiger partial charge in [-0.1, -0.05) is 0 Å². The summed E-state index contributed by atoms with van der Waals surface area (Å²) < 4.78 is 9.68. The Balaban J connectivity index is 3.33. The summed E-state index contributed by atoms with van der Waals surface area (Å²) in [6.07, 6.45) is -0.908. The molecule has 0 aromatic rings. The van der Waals surface area contributed by atoms with Crippen LogP contribution < -0.4 is 0 Å². The van der Waals surface area contributed by atoms with Gasteiger partial charge in [0.2, 0.25) is 0 Å². The molecule has 2 N–H and O–H groups in total. The molecule has 0 fully saturated rings. The van der Waals surface area contributed by atoms with Crippen LogP contribution in [-0.2, 0) is 9.47 Å². The zero-order valence-electron chi connectivity index (χ0n) is 7.69. The van der Waals surface area contributed by atoms with E-state index in [1.807, 2.05) is 6.92 Å². The van der Waals surface area contributed by atoms with E-state index in [4.69, 9.17) is 9.47 Å². The van der Waals surface area contributed by atoms with Crippen molar-refractivity contribution in [2.24, 2.45) is 0 Å². The largest absolute Gasteiger partial charge is 0.391 e. The number of rotatable bonds is 7. The Kier molecular flexibility index (Phi) is 7.39. The average Bonchev–Trinajstić information content (AvgIpc) is 2.01. The molecule has 2 unspecified atom stereocenters. The van der Waals surface area contributed by atoms with E-state index in [0.717, 1.165) is 0 Å². The third-order valence-corrected chi connectivity index (χ3v) is 1.42. The van der Waals surface area contributed by atoms with E-state index in [1.165, 1.54) is 7.11 Å². The minimum atomic E-state index is -0.606. The van der Waals surface area contributed by atoms with Crippen molar-refractivity contribution in [3.8, 4) is 0 Å². The molecule has 4 nitrogen and oxygen atoms in total. The molecule has 4 heteroatoms. The molecule has 0 aromatic carbocycles. The predicted octanol–water partition coefficient (Wildman–Crippen LogP) is -0.219. The van der Waals surface area contributed by atoms with E-state index in [1.54, 1.807) is 0 Å².